The SMILES string of the molecule is C[n+]1ccc(CC(=O)N2CCN(C3c4ncc(Br)cc4CCc4cccc(Cl)c43)CC2)cc1. The maximum atomic E-state index is 12.9. The zero-order valence-electron chi connectivity index (χ0n) is 18.7. The Morgan fingerprint density at radius 2 is 1.85 bits per heavy atom. The van der Waals surface area contributed by atoms with E-state index in [1.807, 2.05) is 59.4 Å². The van der Waals surface area contributed by atoms with E-state index in [4.69, 9.17) is 16.6 Å². The van der Waals surface area contributed by atoms with E-state index in [9.17, 15) is 4.79 Å². The average molecular weight is 527 g/mol. The molecule has 0 radical (unpaired) electrons. The van der Waals surface area contributed by atoms with Crippen LogP contribution in [0, 0.1) is 0 Å². The van der Waals surface area contributed by atoms with Crippen molar-refractivity contribution in [3.05, 3.63) is 92.4 Å². The Kier molecular flexibility index (Phi) is 6.50. The first kappa shape index (κ1) is 22.5. The minimum Gasteiger partial charge on any atom is -0.340 e. The molecule has 1 saturated heterocycles. The Labute approximate surface area is 208 Å². The molecule has 0 bridgehead atoms. The molecule has 3 aromatic rings. The molecule has 0 saturated carbocycles. The summed E-state index contributed by atoms with van der Waals surface area (Å²) < 4.78 is 2.98. The highest BCUT2D eigenvalue weighted by atomic mass is 79.9. The van der Waals surface area contributed by atoms with Crippen molar-refractivity contribution >= 4 is 33.4 Å². The monoisotopic (exact) mass is 525 g/mol. The van der Waals surface area contributed by atoms with Gasteiger partial charge in [-0.25, -0.2) is 4.57 Å². The molecule has 3 heterocycles. The molecule has 1 aliphatic carbocycles. The molecule has 5 nitrogen and oxygen atoms in total. The van der Waals surface area contributed by atoms with E-state index >= 15 is 0 Å². The Bertz CT molecular complexity index is 1180. The van der Waals surface area contributed by atoms with Crippen molar-refractivity contribution in [3.63, 3.8) is 0 Å². The maximum absolute atomic E-state index is 12.9. The second-order valence-electron chi connectivity index (χ2n) is 8.88. The average Bonchev–Trinajstić information content (AvgIpc) is 2.98. The van der Waals surface area contributed by atoms with E-state index in [0.717, 1.165) is 46.7 Å². The second kappa shape index (κ2) is 9.53. The predicted octanol–water partition coefficient (Wildman–Crippen LogP) is 3.90. The summed E-state index contributed by atoms with van der Waals surface area (Å²) >= 11 is 10.4. The first-order valence-electron chi connectivity index (χ1n) is 11.4. The Balaban J connectivity index is 1.38. The van der Waals surface area contributed by atoms with Gasteiger partial charge in [-0.1, -0.05) is 23.7 Å². The van der Waals surface area contributed by atoms with Crippen LogP contribution in [-0.4, -0.2) is 46.9 Å². The topological polar surface area (TPSA) is 40.3 Å². The van der Waals surface area contributed by atoms with Crippen molar-refractivity contribution < 1.29 is 9.36 Å². The summed E-state index contributed by atoms with van der Waals surface area (Å²) in [5.41, 5.74) is 5.86. The molecule has 1 unspecified atom stereocenters. The zero-order valence-corrected chi connectivity index (χ0v) is 21.0. The molecule has 1 aromatic carbocycles. The number of halogens is 2. The molecule has 170 valence electrons. The molecule has 1 amide bonds. The van der Waals surface area contributed by atoms with Crippen LogP contribution in [0.2, 0.25) is 5.02 Å². The number of amides is 1. The molecule has 0 N–H and O–H groups in total. The Morgan fingerprint density at radius 1 is 1.12 bits per heavy atom. The molecular weight excluding hydrogens is 500 g/mol. The molecule has 0 spiro atoms. The standard InChI is InChI=1S/C26H27BrClN4O/c1-30-9-7-18(8-10-30)15-23(33)31-11-13-32(14-12-31)26-24-19(3-2-4-22(24)28)5-6-20-16-21(27)17-29-25(20)26/h2-4,7-10,16-17,26H,5-6,11-15H2,1H3/q+1. The van der Waals surface area contributed by atoms with E-state index < -0.39 is 0 Å². The maximum Gasteiger partial charge on any atom is 0.227 e. The number of nitrogens with zero attached hydrogens (tertiary/aromatic N) is 4. The number of hydrogen-bond donors (Lipinski definition) is 0. The number of pyridine rings is 2. The molecule has 33 heavy (non-hydrogen) atoms. The fraction of sp³-hybridized carbons (Fsp3) is 0.346. The number of hydrogen-bond acceptors (Lipinski definition) is 3. The zero-order chi connectivity index (χ0) is 22.9. The fourth-order valence-corrected chi connectivity index (χ4v) is 5.65. The summed E-state index contributed by atoms with van der Waals surface area (Å²) in [4.78, 5) is 22.2. The number of piperazine rings is 1. The third-order valence-corrected chi connectivity index (χ3v) is 7.51. The van der Waals surface area contributed by atoms with Gasteiger partial charge < -0.3 is 4.90 Å². The van der Waals surface area contributed by atoms with Gasteiger partial charge in [0, 0.05) is 54.0 Å². The van der Waals surface area contributed by atoms with Crippen molar-refractivity contribution in [1.29, 1.82) is 0 Å². The van der Waals surface area contributed by atoms with Gasteiger partial charge in [0.2, 0.25) is 5.91 Å². The van der Waals surface area contributed by atoms with Crippen molar-refractivity contribution in [2.24, 2.45) is 7.05 Å². The first-order valence-corrected chi connectivity index (χ1v) is 12.5. The predicted molar refractivity (Wildman–Crippen MR) is 132 cm³/mol. The molecule has 1 aliphatic heterocycles. The lowest BCUT2D eigenvalue weighted by atomic mass is 9.96. The molecule has 5 rings (SSSR count). The summed E-state index contributed by atoms with van der Waals surface area (Å²) in [6, 6.07) is 12.4. The van der Waals surface area contributed by atoms with Gasteiger partial charge in [0.15, 0.2) is 12.4 Å². The van der Waals surface area contributed by atoms with Crippen molar-refractivity contribution in [1.82, 2.24) is 14.8 Å². The van der Waals surface area contributed by atoms with Gasteiger partial charge in [-0.15, -0.1) is 0 Å². The van der Waals surface area contributed by atoms with Gasteiger partial charge in [-0.05, 0) is 63.2 Å². The molecule has 1 atom stereocenters. The Morgan fingerprint density at radius 3 is 2.61 bits per heavy atom. The highest BCUT2D eigenvalue weighted by Gasteiger charge is 2.34. The van der Waals surface area contributed by atoms with Crippen molar-refractivity contribution in [2.75, 3.05) is 26.2 Å². The van der Waals surface area contributed by atoms with Gasteiger partial charge in [0.1, 0.15) is 7.05 Å². The van der Waals surface area contributed by atoms with E-state index in [2.05, 4.69) is 33.0 Å². The van der Waals surface area contributed by atoms with Crippen LogP contribution in [-0.2, 0) is 31.1 Å². The number of aromatic nitrogens is 2. The Hall–Kier alpha value is -2.28. The summed E-state index contributed by atoms with van der Waals surface area (Å²) in [7, 11) is 1.98. The third kappa shape index (κ3) is 4.70. The summed E-state index contributed by atoms with van der Waals surface area (Å²) in [6.45, 7) is 3.01. The van der Waals surface area contributed by atoms with Crippen LogP contribution in [0.25, 0.3) is 0 Å². The van der Waals surface area contributed by atoms with Crippen LogP contribution in [0.5, 0.6) is 0 Å². The highest BCUT2D eigenvalue weighted by molar-refractivity contribution is 9.10. The van der Waals surface area contributed by atoms with Crippen LogP contribution >= 0.6 is 27.5 Å². The van der Waals surface area contributed by atoms with Gasteiger partial charge in [0.05, 0.1) is 18.2 Å². The van der Waals surface area contributed by atoms with Crippen LogP contribution in [0.4, 0.5) is 0 Å². The molecule has 1 fully saturated rings. The number of rotatable bonds is 3. The van der Waals surface area contributed by atoms with Crippen LogP contribution in [0.15, 0.2) is 59.5 Å². The van der Waals surface area contributed by atoms with E-state index in [1.165, 1.54) is 16.7 Å². The van der Waals surface area contributed by atoms with Crippen LogP contribution in [0.3, 0.4) is 0 Å². The molecular formula is C26H27BrClN4O+. The van der Waals surface area contributed by atoms with Crippen molar-refractivity contribution in [3.8, 4) is 0 Å². The first-order chi connectivity index (χ1) is 16.0. The van der Waals surface area contributed by atoms with Crippen LogP contribution < -0.4 is 4.57 Å². The van der Waals surface area contributed by atoms with E-state index in [-0.39, 0.29) is 11.9 Å². The van der Waals surface area contributed by atoms with Gasteiger partial charge in [-0.3, -0.25) is 14.7 Å². The van der Waals surface area contributed by atoms with Crippen LogP contribution in [0.1, 0.15) is 34.0 Å². The molecule has 2 aliphatic rings. The largest absolute Gasteiger partial charge is 0.340 e. The number of carbonyl (C=O) groups is 1. The number of benzene rings is 1. The quantitative estimate of drug-likeness (QED) is 0.486. The third-order valence-electron chi connectivity index (χ3n) is 6.74. The lowest BCUT2D eigenvalue weighted by molar-refractivity contribution is -0.671. The summed E-state index contributed by atoms with van der Waals surface area (Å²) in [5.74, 6) is 0.185. The van der Waals surface area contributed by atoms with Crippen molar-refractivity contribution in [2.45, 2.75) is 25.3 Å². The normalized spacial score (nSPS) is 18.4. The highest BCUT2D eigenvalue weighted by Crippen LogP contribution is 2.40. The van der Waals surface area contributed by atoms with Gasteiger partial charge >= 0.3 is 0 Å². The minimum atomic E-state index is 0.00525. The van der Waals surface area contributed by atoms with Gasteiger partial charge in [-0.2, -0.15) is 0 Å². The summed E-state index contributed by atoms with van der Waals surface area (Å²) in [6.07, 6.45) is 8.18. The van der Waals surface area contributed by atoms with Gasteiger partial charge in [0.25, 0.3) is 0 Å². The molecule has 7 heteroatoms. The second-order valence-corrected chi connectivity index (χ2v) is 10.2. The van der Waals surface area contributed by atoms with E-state index in [1.54, 1.807) is 0 Å². The number of fused-ring (bicyclic) bond motifs is 2. The summed E-state index contributed by atoms with van der Waals surface area (Å²) in [5, 5.41) is 0.797. The lowest BCUT2D eigenvalue weighted by Crippen LogP contribution is -2.50. The van der Waals surface area contributed by atoms with E-state index in [0.29, 0.717) is 19.5 Å². The lowest BCUT2D eigenvalue weighted by Gasteiger charge is -2.40. The molecule has 2 aromatic heterocycles. The fourth-order valence-electron chi connectivity index (χ4n) is 4.97. The minimum absolute atomic E-state index is 0.00525. The number of carbonyl (C=O) groups excluding carboxylic acids is 1. The number of aryl methyl sites for hydroxylation is 3. The smallest absolute Gasteiger partial charge is 0.227 e.